The van der Waals surface area contributed by atoms with Crippen LogP contribution in [0.2, 0.25) is 5.02 Å². The summed E-state index contributed by atoms with van der Waals surface area (Å²) in [5.74, 6) is -2.02. The molecule has 180 valence electrons. The van der Waals surface area contributed by atoms with Crippen molar-refractivity contribution >= 4 is 46.7 Å². The molecule has 0 unspecified atom stereocenters. The van der Waals surface area contributed by atoms with E-state index in [9.17, 15) is 19.2 Å². The Morgan fingerprint density at radius 3 is 2.46 bits per heavy atom. The van der Waals surface area contributed by atoms with Gasteiger partial charge in [-0.05, 0) is 62.6 Å². The molecule has 3 amide bonds. The molecule has 2 aromatic rings. The maximum atomic E-state index is 13.0. The van der Waals surface area contributed by atoms with Crippen molar-refractivity contribution in [2.24, 2.45) is 17.8 Å². The molecule has 35 heavy (non-hydrogen) atoms. The minimum Gasteiger partial charge on any atom is -0.426 e. The highest BCUT2D eigenvalue weighted by Crippen LogP contribution is 2.41. The summed E-state index contributed by atoms with van der Waals surface area (Å²) in [6.07, 6.45) is 3.25. The number of carbonyl (C=O) groups excluding carboxylic acids is 4. The molecule has 8 heteroatoms. The smallest absolute Gasteiger partial charge is 0.316 e. The van der Waals surface area contributed by atoms with E-state index in [1.807, 2.05) is 13.0 Å². The van der Waals surface area contributed by atoms with Crippen LogP contribution in [-0.4, -0.2) is 30.2 Å². The summed E-state index contributed by atoms with van der Waals surface area (Å²) in [6, 6.07) is 11.9. The van der Waals surface area contributed by atoms with Gasteiger partial charge in [0.2, 0.25) is 17.7 Å². The number of hydrogen-bond donors (Lipinski definition) is 0. The zero-order chi connectivity index (χ0) is 24.9. The zero-order valence-corrected chi connectivity index (χ0v) is 20.2. The standard InChI is InChI=1S/C27H25ClN2O5/c1-15-7-9-19-20(11-15)26(33)30(25(19)32)22-10-8-18(12-16(22)2)35-27(34)17-13-24(31)29(14-17)23-6-4-3-5-21(23)28/h3-8,10,12,17,19-20H,9,11,13-14H2,1-2H3/t17-,19-,20-/m0/s1. The summed E-state index contributed by atoms with van der Waals surface area (Å²) >= 11 is 6.22. The molecular weight excluding hydrogens is 468 g/mol. The van der Waals surface area contributed by atoms with Crippen molar-refractivity contribution in [1.29, 1.82) is 0 Å². The fraction of sp³-hybridized carbons (Fsp3) is 0.333. The summed E-state index contributed by atoms with van der Waals surface area (Å²) < 4.78 is 5.57. The highest BCUT2D eigenvalue weighted by molar-refractivity contribution is 6.34. The predicted molar refractivity (Wildman–Crippen MR) is 131 cm³/mol. The molecule has 0 N–H and O–H groups in total. The van der Waals surface area contributed by atoms with E-state index in [0.717, 1.165) is 5.57 Å². The lowest BCUT2D eigenvalue weighted by Crippen LogP contribution is -2.31. The third-order valence-corrected chi connectivity index (χ3v) is 7.37. The average Bonchev–Trinajstić information content (AvgIpc) is 3.32. The van der Waals surface area contributed by atoms with Crippen LogP contribution in [0.5, 0.6) is 5.75 Å². The van der Waals surface area contributed by atoms with Crippen LogP contribution in [-0.2, 0) is 19.2 Å². The maximum Gasteiger partial charge on any atom is 0.316 e. The number of rotatable bonds is 4. The number of hydrogen-bond acceptors (Lipinski definition) is 5. The molecule has 0 saturated carbocycles. The molecule has 7 nitrogen and oxygen atoms in total. The Kier molecular flexibility index (Phi) is 5.97. The van der Waals surface area contributed by atoms with Gasteiger partial charge in [-0.3, -0.25) is 19.2 Å². The molecule has 2 aromatic carbocycles. The molecule has 0 spiro atoms. The van der Waals surface area contributed by atoms with Crippen LogP contribution < -0.4 is 14.5 Å². The number of esters is 1. The van der Waals surface area contributed by atoms with Gasteiger partial charge in [0.05, 0.1) is 34.2 Å². The summed E-state index contributed by atoms with van der Waals surface area (Å²) in [6.45, 7) is 3.94. The van der Waals surface area contributed by atoms with Crippen molar-refractivity contribution in [1.82, 2.24) is 0 Å². The topological polar surface area (TPSA) is 84.0 Å². The number of nitrogens with zero attached hydrogens (tertiary/aromatic N) is 2. The van der Waals surface area contributed by atoms with Gasteiger partial charge < -0.3 is 9.64 Å². The van der Waals surface area contributed by atoms with Gasteiger partial charge in [-0.15, -0.1) is 0 Å². The van der Waals surface area contributed by atoms with E-state index in [-0.39, 0.29) is 42.5 Å². The quantitative estimate of drug-likeness (QED) is 0.272. The van der Waals surface area contributed by atoms with Gasteiger partial charge in [0.15, 0.2) is 0 Å². The summed E-state index contributed by atoms with van der Waals surface area (Å²) in [5, 5.41) is 0.442. The first-order valence-electron chi connectivity index (χ1n) is 11.6. The van der Waals surface area contributed by atoms with Crippen molar-refractivity contribution in [2.45, 2.75) is 33.1 Å². The Morgan fingerprint density at radius 2 is 1.71 bits per heavy atom. The van der Waals surface area contributed by atoms with Gasteiger partial charge in [-0.2, -0.15) is 0 Å². The molecule has 2 heterocycles. The van der Waals surface area contributed by atoms with Crippen molar-refractivity contribution in [3.8, 4) is 5.75 Å². The highest BCUT2D eigenvalue weighted by atomic mass is 35.5. The molecule has 2 fully saturated rings. The normalized spacial score (nSPS) is 24.0. The Hall–Kier alpha value is -3.45. The van der Waals surface area contributed by atoms with Gasteiger partial charge in [0.25, 0.3) is 0 Å². The van der Waals surface area contributed by atoms with Gasteiger partial charge in [-0.1, -0.05) is 35.4 Å². The van der Waals surface area contributed by atoms with E-state index in [0.29, 0.717) is 40.6 Å². The minimum absolute atomic E-state index is 0.0358. The number of anilines is 2. The molecule has 3 atom stereocenters. The minimum atomic E-state index is -0.626. The molecule has 0 bridgehead atoms. The van der Waals surface area contributed by atoms with E-state index in [1.54, 1.807) is 49.4 Å². The SMILES string of the molecule is CC1=CC[C@@H]2C(=O)N(c3ccc(OC(=O)[C@H]4CC(=O)N(c5ccccc5Cl)C4)cc3C)C(=O)[C@H]2C1. The first-order valence-corrected chi connectivity index (χ1v) is 12.0. The lowest BCUT2D eigenvalue weighted by Gasteiger charge is -2.19. The predicted octanol–water partition coefficient (Wildman–Crippen LogP) is 4.45. The van der Waals surface area contributed by atoms with Gasteiger partial charge in [-0.25, -0.2) is 4.90 Å². The Labute approximate surface area is 208 Å². The maximum absolute atomic E-state index is 13.0. The monoisotopic (exact) mass is 492 g/mol. The number of ether oxygens (including phenoxy) is 1. The lowest BCUT2D eigenvalue weighted by atomic mass is 9.82. The Bertz CT molecular complexity index is 1290. The van der Waals surface area contributed by atoms with Gasteiger partial charge in [0.1, 0.15) is 5.75 Å². The van der Waals surface area contributed by atoms with Crippen LogP contribution in [0.3, 0.4) is 0 Å². The number of halogens is 1. The van der Waals surface area contributed by atoms with Gasteiger partial charge in [0, 0.05) is 13.0 Å². The van der Waals surface area contributed by atoms with Crippen LogP contribution in [0.25, 0.3) is 0 Å². The molecule has 0 radical (unpaired) electrons. The summed E-state index contributed by atoms with van der Waals surface area (Å²) in [7, 11) is 0. The summed E-state index contributed by atoms with van der Waals surface area (Å²) in [5.41, 5.74) is 2.86. The number of imide groups is 1. The second-order valence-corrected chi connectivity index (χ2v) is 9.85. The van der Waals surface area contributed by atoms with E-state index in [1.165, 1.54) is 9.80 Å². The molecular formula is C27H25ClN2O5. The molecule has 5 rings (SSSR count). The third-order valence-electron chi connectivity index (χ3n) is 7.05. The molecule has 2 saturated heterocycles. The first-order chi connectivity index (χ1) is 16.7. The number of amides is 3. The van der Waals surface area contributed by atoms with Crippen LogP contribution in [0.15, 0.2) is 54.1 Å². The van der Waals surface area contributed by atoms with Crippen molar-refractivity contribution in [3.63, 3.8) is 0 Å². The van der Waals surface area contributed by atoms with E-state index >= 15 is 0 Å². The Morgan fingerprint density at radius 1 is 0.971 bits per heavy atom. The largest absolute Gasteiger partial charge is 0.426 e. The number of fused-ring (bicyclic) bond motifs is 1. The fourth-order valence-corrected chi connectivity index (χ4v) is 5.42. The Balaban J connectivity index is 1.29. The average molecular weight is 493 g/mol. The van der Waals surface area contributed by atoms with Crippen LogP contribution in [0, 0.1) is 24.7 Å². The van der Waals surface area contributed by atoms with Crippen LogP contribution in [0.1, 0.15) is 31.7 Å². The number of allylic oxidation sites excluding steroid dienone is 2. The molecule has 0 aromatic heterocycles. The third kappa shape index (κ3) is 4.14. The number of benzene rings is 2. The number of aryl methyl sites for hydroxylation is 1. The lowest BCUT2D eigenvalue weighted by molar-refractivity contribution is -0.139. The fourth-order valence-electron chi connectivity index (χ4n) is 5.19. The molecule has 2 aliphatic heterocycles. The van der Waals surface area contributed by atoms with Crippen LogP contribution in [0.4, 0.5) is 11.4 Å². The highest BCUT2D eigenvalue weighted by Gasteiger charge is 2.49. The second-order valence-electron chi connectivity index (χ2n) is 9.44. The number of carbonyl (C=O) groups is 4. The van der Waals surface area contributed by atoms with Crippen molar-refractivity contribution in [2.75, 3.05) is 16.3 Å². The van der Waals surface area contributed by atoms with E-state index in [2.05, 4.69) is 0 Å². The van der Waals surface area contributed by atoms with E-state index < -0.39 is 11.9 Å². The van der Waals surface area contributed by atoms with Gasteiger partial charge >= 0.3 is 5.97 Å². The molecule has 1 aliphatic carbocycles. The van der Waals surface area contributed by atoms with Crippen LogP contribution >= 0.6 is 11.6 Å². The summed E-state index contributed by atoms with van der Waals surface area (Å²) in [4.78, 5) is 54.1. The molecule has 3 aliphatic rings. The zero-order valence-electron chi connectivity index (χ0n) is 19.5. The van der Waals surface area contributed by atoms with E-state index in [4.69, 9.17) is 16.3 Å². The van der Waals surface area contributed by atoms with Crippen molar-refractivity contribution in [3.05, 3.63) is 64.7 Å². The second kappa shape index (κ2) is 8.96. The van der Waals surface area contributed by atoms with Crippen molar-refractivity contribution < 1.29 is 23.9 Å². The number of para-hydroxylation sites is 1. The first kappa shape index (κ1) is 23.3.